The fourth-order valence-corrected chi connectivity index (χ4v) is 4.65. The van der Waals surface area contributed by atoms with Crippen LogP contribution >= 0.6 is 0 Å². The van der Waals surface area contributed by atoms with Gasteiger partial charge in [-0.3, -0.25) is 4.79 Å². The molecule has 1 atom stereocenters. The van der Waals surface area contributed by atoms with Crippen molar-refractivity contribution in [2.24, 2.45) is 5.92 Å². The first-order valence-electron chi connectivity index (χ1n) is 8.94. The monoisotopic (exact) mass is 380 g/mol. The van der Waals surface area contributed by atoms with Gasteiger partial charge in [0.25, 0.3) is 5.91 Å². The highest BCUT2D eigenvalue weighted by molar-refractivity contribution is 7.89. The second-order valence-electron chi connectivity index (χ2n) is 6.91. The van der Waals surface area contributed by atoms with Crippen LogP contribution in [0.25, 0.3) is 0 Å². The number of amides is 1. The molecule has 1 N–H and O–H groups in total. The molecule has 1 amide bonds. The van der Waals surface area contributed by atoms with E-state index in [-0.39, 0.29) is 29.0 Å². The fraction of sp³-hybridized carbons (Fsp3) is 0.556. The summed E-state index contributed by atoms with van der Waals surface area (Å²) in [5, 5.41) is 2.80. The number of carbonyl (C=O) groups is 2. The van der Waals surface area contributed by atoms with Crippen LogP contribution in [-0.4, -0.2) is 50.3 Å². The molecule has 1 heterocycles. The van der Waals surface area contributed by atoms with Crippen molar-refractivity contribution < 1.29 is 22.7 Å². The number of rotatable bonds is 7. The van der Waals surface area contributed by atoms with Crippen molar-refractivity contribution >= 4 is 21.9 Å². The molecule has 0 unspecified atom stereocenters. The number of carbonyl (C=O) groups excluding carboxylic acids is 2. The average Bonchev–Trinajstić information content (AvgIpc) is 3.33. The van der Waals surface area contributed by atoms with Gasteiger partial charge in [0.05, 0.1) is 10.5 Å². The van der Waals surface area contributed by atoms with Crippen LogP contribution in [0, 0.1) is 5.92 Å². The van der Waals surface area contributed by atoms with E-state index >= 15 is 0 Å². The Bertz CT molecular complexity index is 783. The molecule has 0 aromatic heterocycles. The Hall–Kier alpha value is -1.93. The maximum absolute atomic E-state index is 12.6. The minimum Gasteiger partial charge on any atom is -0.452 e. The molecule has 1 aliphatic heterocycles. The summed E-state index contributed by atoms with van der Waals surface area (Å²) in [7, 11) is -3.60. The summed E-state index contributed by atoms with van der Waals surface area (Å²) in [6.45, 7) is 2.55. The summed E-state index contributed by atoms with van der Waals surface area (Å²) in [4.78, 5) is 24.1. The summed E-state index contributed by atoms with van der Waals surface area (Å²) >= 11 is 0. The minimum absolute atomic E-state index is 0.0701. The molecule has 142 valence electrons. The first-order valence-corrected chi connectivity index (χ1v) is 10.4. The van der Waals surface area contributed by atoms with Crippen molar-refractivity contribution in [2.45, 2.75) is 43.5 Å². The number of ether oxygens (including phenoxy) is 1. The van der Waals surface area contributed by atoms with Crippen LogP contribution < -0.4 is 5.32 Å². The van der Waals surface area contributed by atoms with Crippen molar-refractivity contribution in [3.63, 3.8) is 0 Å². The van der Waals surface area contributed by atoms with E-state index in [1.165, 1.54) is 28.6 Å². The standard InChI is InChI=1S/C18H24N2O5S/c1-13(14-7-8-14)19-17(21)12-25-18(22)15-5-4-6-16(11-15)26(23,24)20-9-2-3-10-20/h4-6,11,13-14H,2-3,7-10,12H2,1H3,(H,19,21)/t13-/m1/s1. The van der Waals surface area contributed by atoms with Crippen molar-refractivity contribution in [1.29, 1.82) is 0 Å². The van der Waals surface area contributed by atoms with Crippen LogP contribution in [0.5, 0.6) is 0 Å². The number of sulfonamides is 1. The third-order valence-corrected chi connectivity index (χ3v) is 6.72. The SMILES string of the molecule is C[C@@H](NC(=O)COC(=O)c1cccc(S(=O)(=O)N2CCCC2)c1)C1CC1. The predicted molar refractivity (Wildman–Crippen MR) is 95.0 cm³/mol. The summed E-state index contributed by atoms with van der Waals surface area (Å²) in [5.41, 5.74) is 0.119. The number of esters is 1. The fourth-order valence-electron chi connectivity index (χ4n) is 3.09. The van der Waals surface area contributed by atoms with Crippen molar-refractivity contribution in [2.75, 3.05) is 19.7 Å². The summed E-state index contributed by atoms with van der Waals surface area (Å²) in [6, 6.07) is 5.84. The number of benzene rings is 1. The first kappa shape index (κ1) is 18.8. The van der Waals surface area contributed by atoms with E-state index in [0.29, 0.717) is 19.0 Å². The number of nitrogens with one attached hydrogen (secondary N) is 1. The summed E-state index contributed by atoms with van der Waals surface area (Å²) in [6.07, 6.45) is 3.91. The highest BCUT2D eigenvalue weighted by Crippen LogP contribution is 2.32. The van der Waals surface area contributed by atoms with E-state index < -0.39 is 16.0 Å². The zero-order valence-corrected chi connectivity index (χ0v) is 15.6. The summed E-state index contributed by atoms with van der Waals surface area (Å²) in [5.74, 6) is -0.543. The van der Waals surface area contributed by atoms with Gasteiger partial charge in [-0.05, 0) is 56.7 Å². The zero-order valence-electron chi connectivity index (χ0n) is 14.8. The van der Waals surface area contributed by atoms with Crippen LogP contribution in [0.1, 0.15) is 43.0 Å². The quantitative estimate of drug-likeness (QED) is 0.725. The van der Waals surface area contributed by atoms with Gasteiger partial charge in [0.1, 0.15) is 0 Å². The number of hydrogen-bond donors (Lipinski definition) is 1. The van der Waals surface area contributed by atoms with Crippen LogP contribution in [0.15, 0.2) is 29.2 Å². The van der Waals surface area contributed by atoms with Crippen LogP contribution in [-0.2, 0) is 19.6 Å². The minimum atomic E-state index is -3.60. The van der Waals surface area contributed by atoms with Gasteiger partial charge in [-0.15, -0.1) is 0 Å². The topological polar surface area (TPSA) is 92.8 Å². The molecule has 0 radical (unpaired) electrons. The molecule has 1 aromatic rings. The molecule has 2 fully saturated rings. The van der Waals surface area contributed by atoms with Crippen molar-refractivity contribution in [3.05, 3.63) is 29.8 Å². The van der Waals surface area contributed by atoms with Gasteiger partial charge in [0.15, 0.2) is 6.61 Å². The maximum atomic E-state index is 12.6. The first-order chi connectivity index (χ1) is 12.4. The van der Waals surface area contributed by atoms with Gasteiger partial charge in [0, 0.05) is 19.1 Å². The van der Waals surface area contributed by atoms with Gasteiger partial charge in [-0.25, -0.2) is 13.2 Å². The lowest BCUT2D eigenvalue weighted by atomic mass is 10.2. The Morgan fingerprint density at radius 1 is 1.27 bits per heavy atom. The average molecular weight is 380 g/mol. The second kappa shape index (κ2) is 7.75. The van der Waals surface area contributed by atoms with E-state index in [4.69, 9.17) is 4.74 Å². The Morgan fingerprint density at radius 3 is 2.62 bits per heavy atom. The molecule has 26 heavy (non-hydrogen) atoms. The molecular formula is C18H24N2O5S. The number of nitrogens with zero attached hydrogens (tertiary/aromatic N) is 1. The largest absolute Gasteiger partial charge is 0.452 e. The Labute approximate surface area is 153 Å². The van der Waals surface area contributed by atoms with Gasteiger partial charge < -0.3 is 10.1 Å². The van der Waals surface area contributed by atoms with Crippen LogP contribution in [0.2, 0.25) is 0 Å². The zero-order chi connectivity index (χ0) is 18.7. The van der Waals surface area contributed by atoms with Gasteiger partial charge in [-0.2, -0.15) is 4.31 Å². The molecule has 3 rings (SSSR count). The van der Waals surface area contributed by atoms with Crippen molar-refractivity contribution in [1.82, 2.24) is 9.62 Å². The molecule has 2 aliphatic rings. The lowest BCUT2D eigenvalue weighted by molar-refractivity contribution is -0.124. The van der Waals surface area contributed by atoms with E-state index in [1.54, 1.807) is 0 Å². The highest BCUT2D eigenvalue weighted by Gasteiger charge is 2.29. The Kier molecular flexibility index (Phi) is 5.62. The molecule has 1 aliphatic carbocycles. The van der Waals surface area contributed by atoms with Crippen LogP contribution in [0.4, 0.5) is 0 Å². The molecule has 1 saturated heterocycles. The number of hydrogen-bond acceptors (Lipinski definition) is 5. The van der Waals surface area contributed by atoms with Crippen molar-refractivity contribution in [3.8, 4) is 0 Å². The second-order valence-corrected chi connectivity index (χ2v) is 8.85. The lowest BCUT2D eigenvalue weighted by Gasteiger charge is -2.16. The van der Waals surface area contributed by atoms with E-state index in [0.717, 1.165) is 25.7 Å². The van der Waals surface area contributed by atoms with Gasteiger partial charge in [0.2, 0.25) is 10.0 Å². The molecular weight excluding hydrogens is 356 g/mol. The normalized spacial score (nSPS) is 19.1. The molecule has 0 bridgehead atoms. The Balaban J connectivity index is 1.60. The lowest BCUT2D eigenvalue weighted by Crippen LogP contribution is -2.37. The molecule has 8 heteroatoms. The van der Waals surface area contributed by atoms with Gasteiger partial charge in [-0.1, -0.05) is 6.07 Å². The van der Waals surface area contributed by atoms with E-state index in [1.807, 2.05) is 6.92 Å². The molecule has 0 spiro atoms. The third kappa shape index (κ3) is 4.42. The molecule has 1 aromatic carbocycles. The molecule has 7 nitrogen and oxygen atoms in total. The predicted octanol–water partition coefficient (Wildman–Crippen LogP) is 1.54. The third-order valence-electron chi connectivity index (χ3n) is 4.82. The van der Waals surface area contributed by atoms with Gasteiger partial charge >= 0.3 is 5.97 Å². The highest BCUT2D eigenvalue weighted by atomic mass is 32.2. The smallest absolute Gasteiger partial charge is 0.338 e. The molecule has 1 saturated carbocycles. The van der Waals surface area contributed by atoms with Crippen LogP contribution in [0.3, 0.4) is 0 Å². The maximum Gasteiger partial charge on any atom is 0.338 e. The van der Waals surface area contributed by atoms with E-state index in [2.05, 4.69) is 5.32 Å². The summed E-state index contributed by atoms with van der Waals surface area (Å²) < 4.78 is 31.6. The Morgan fingerprint density at radius 2 is 1.96 bits per heavy atom. The van der Waals surface area contributed by atoms with E-state index in [9.17, 15) is 18.0 Å².